The van der Waals surface area contributed by atoms with Crippen LogP contribution in [0, 0.1) is 6.92 Å². The van der Waals surface area contributed by atoms with Crippen molar-refractivity contribution in [1.82, 2.24) is 34.5 Å². The van der Waals surface area contributed by atoms with E-state index in [0.29, 0.717) is 53.6 Å². The van der Waals surface area contributed by atoms with E-state index in [4.69, 9.17) is 10.8 Å². The number of amides is 2. The zero-order valence-corrected chi connectivity index (χ0v) is 22.2. The fourth-order valence-electron chi connectivity index (χ4n) is 4.64. The highest BCUT2D eigenvalue weighted by Crippen LogP contribution is 2.34. The predicted molar refractivity (Wildman–Crippen MR) is 150 cm³/mol. The maximum Gasteiger partial charge on any atom is 0.256 e. The maximum atomic E-state index is 12.8. The molecule has 39 heavy (non-hydrogen) atoms. The van der Waals surface area contributed by atoms with E-state index in [1.54, 1.807) is 24.4 Å². The summed E-state index contributed by atoms with van der Waals surface area (Å²) in [5.74, 6) is 0.551. The molecule has 5 rings (SSSR count). The van der Waals surface area contributed by atoms with Crippen molar-refractivity contribution in [2.75, 3.05) is 44.8 Å². The van der Waals surface area contributed by atoms with Crippen LogP contribution in [0.4, 0.5) is 11.6 Å². The van der Waals surface area contributed by atoms with E-state index in [9.17, 15) is 9.59 Å². The number of pyridine rings is 1. The Morgan fingerprint density at radius 2 is 1.95 bits per heavy atom. The van der Waals surface area contributed by atoms with Crippen LogP contribution in [0.1, 0.15) is 28.4 Å². The molecule has 1 atom stereocenters. The number of benzene rings is 1. The number of fused-ring (bicyclic) bond motifs is 1. The van der Waals surface area contributed by atoms with Gasteiger partial charge in [0.15, 0.2) is 5.65 Å². The molecule has 3 aromatic heterocycles. The Kier molecular flexibility index (Phi) is 7.33. The number of likely N-dealkylation sites (tertiary alicyclic amines) is 1. The Morgan fingerprint density at radius 1 is 1.15 bits per heavy atom. The van der Waals surface area contributed by atoms with Crippen molar-refractivity contribution in [2.24, 2.45) is 0 Å². The summed E-state index contributed by atoms with van der Waals surface area (Å²) in [6, 6.07) is 10.8. The fraction of sp³-hybridized carbons (Fsp3) is 0.286. The zero-order valence-electron chi connectivity index (χ0n) is 22.2. The summed E-state index contributed by atoms with van der Waals surface area (Å²) in [7, 11) is 3.92. The van der Waals surface area contributed by atoms with Gasteiger partial charge in [-0.05, 0) is 57.3 Å². The second-order valence-electron chi connectivity index (χ2n) is 9.89. The van der Waals surface area contributed by atoms with Crippen molar-refractivity contribution in [3.8, 4) is 11.3 Å². The van der Waals surface area contributed by atoms with Gasteiger partial charge in [0.1, 0.15) is 23.7 Å². The Balaban J connectivity index is 1.38. The standard InChI is InChI=1S/C28H31N9O2/c1-18-10-12-30-22(15-18)33-28(39)20-8-6-19(7-9-20)25-24-26(29)31-17-32-27(24)37(34-25)21-11-14-36(16-21)23(38)5-4-13-35(2)3/h4-10,12,15,17,21H,11,13-14,16H2,1-3H3,(H2,29,31,32)(H,30,33,39). The number of nitrogen functional groups attached to an aromatic ring is 1. The van der Waals surface area contributed by atoms with Crippen molar-refractivity contribution in [2.45, 2.75) is 19.4 Å². The molecule has 2 amide bonds. The number of aromatic nitrogens is 5. The van der Waals surface area contributed by atoms with Crippen LogP contribution in [-0.4, -0.2) is 80.1 Å². The number of carbonyl (C=O) groups excluding carboxylic acids is 2. The molecular formula is C28H31N9O2. The third-order valence-corrected chi connectivity index (χ3v) is 6.65. The number of carbonyl (C=O) groups is 2. The molecule has 0 aliphatic carbocycles. The van der Waals surface area contributed by atoms with Gasteiger partial charge in [-0.25, -0.2) is 19.6 Å². The van der Waals surface area contributed by atoms with Gasteiger partial charge in [0.25, 0.3) is 5.91 Å². The lowest BCUT2D eigenvalue weighted by Crippen LogP contribution is -2.28. The molecule has 4 aromatic rings. The average Bonchev–Trinajstić information content (AvgIpc) is 3.55. The Bertz CT molecular complexity index is 1540. The molecule has 4 heterocycles. The topological polar surface area (TPSA) is 135 Å². The van der Waals surface area contributed by atoms with Gasteiger partial charge in [-0.15, -0.1) is 0 Å². The van der Waals surface area contributed by atoms with Crippen LogP contribution >= 0.6 is 0 Å². The number of nitrogens with zero attached hydrogens (tertiary/aromatic N) is 7. The molecule has 3 N–H and O–H groups in total. The molecule has 1 aromatic carbocycles. The van der Waals surface area contributed by atoms with E-state index >= 15 is 0 Å². The number of aryl methyl sites for hydroxylation is 1. The molecule has 1 unspecified atom stereocenters. The highest BCUT2D eigenvalue weighted by atomic mass is 16.2. The summed E-state index contributed by atoms with van der Waals surface area (Å²) in [6.45, 7) is 3.80. The van der Waals surface area contributed by atoms with Crippen LogP contribution in [0.5, 0.6) is 0 Å². The lowest BCUT2D eigenvalue weighted by Gasteiger charge is -2.15. The van der Waals surface area contributed by atoms with Crippen molar-refractivity contribution in [1.29, 1.82) is 0 Å². The molecule has 200 valence electrons. The van der Waals surface area contributed by atoms with Crippen molar-refractivity contribution in [3.05, 3.63) is 72.2 Å². The van der Waals surface area contributed by atoms with Gasteiger partial charge < -0.3 is 20.9 Å². The number of rotatable bonds is 7. The van der Waals surface area contributed by atoms with E-state index < -0.39 is 0 Å². The van der Waals surface area contributed by atoms with Crippen LogP contribution < -0.4 is 11.1 Å². The summed E-state index contributed by atoms with van der Waals surface area (Å²) in [5, 5.41) is 8.36. The summed E-state index contributed by atoms with van der Waals surface area (Å²) >= 11 is 0. The van der Waals surface area contributed by atoms with Crippen molar-refractivity contribution >= 4 is 34.5 Å². The van der Waals surface area contributed by atoms with Crippen LogP contribution in [0.15, 0.2) is 61.1 Å². The van der Waals surface area contributed by atoms with Crippen molar-refractivity contribution in [3.63, 3.8) is 0 Å². The number of hydrogen-bond acceptors (Lipinski definition) is 8. The minimum absolute atomic E-state index is 0.0140. The Labute approximate surface area is 226 Å². The van der Waals surface area contributed by atoms with Crippen molar-refractivity contribution < 1.29 is 9.59 Å². The van der Waals surface area contributed by atoms with Gasteiger partial charge in [-0.2, -0.15) is 5.10 Å². The number of nitrogens with two attached hydrogens (primary N) is 1. The van der Waals surface area contributed by atoms with Gasteiger partial charge in [0.2, 0.25) is 5.91 Å². The first-order valence-corrected chi connectivity index (χ1v) is 12.7. The van der Waals surface area contributed by atoms with E-state index in [0.717, 1.165) is 17.5 Å². The van der Waals surface area contributed by atoms with E-state index in [2.05, 4.69) is 20.3 Å². The summed E-state index contributed by atoms with van der Waals surface area (Å²) in [6.07, 6.45) is 7.32. The third kappa shape index (κ3) is 5.63. The normalized spacial score (nSPS) is 15.5. The Hall–Kier alpha value is -4.64. The predicted octanol–water partition coefficient (Wildman–Crippen LogP) is 2.92. The molecule has 0 radical (unpaired) electrons. The minimum Gasteiger partial charge on any atom is -0.383 e. The average molecular weight is 526 g/mol. The number of nitrogens with one attached hydrogen (secondary N) is 1. The highest BCUT2D eigenvalue weighted by Gasteiger charge is 2.30. The molecule has 0 bridgehead atoms. The van der Waals surface area contributed by atoms with Crippen LogP contribution in [0.25, 0.3) is 22.3 Å². The van der Waals surface area contributed by atoms with E-state index in [1.165, 1.54) is 6.33 Å². The lowest BCUT2D eigenvalue weighted by atomic mass is 10.1. The molecule has 1 fully saturated rings. The van der Waals surface area contributed by atoms with E-state index in [1.807, 2.05) is 65.8 Å². The number of hydrogen-bond donors (Lipinski definition) is 2. The molecule has 11 nitrogen and oxygen atoms in total. The quantitative estimate of drug-likeness (QED) is 0.352. The van der Waals surface area contributed by atoms with Gasteiger partial charge in [0, 0.05) is 43.0 Å². The Morgan fingerprint density at radius 3 is 2.69 bits per heavy atom. The summed E-state index contributed by atoms with van der Waals surface area (Å²) in [4.78, 5) is 42.1. The number of likely N-dealkylation sites (N-methyl/N-ethyl adjacent to an activating group) is 1. The van der Waals surface area contributed by atoms with Gasteiger partial charge >= 0.3 is 0 Å². The third-order valence-electron chi connectivity index (χ3n) is 6.65. The van der Waals surface area contributed by atoms with Crippen LogP contribution in [-0.2, 0) is 4.79 Å². The first-order chi connectivity index (χ1) is 18.8. The second-order valence-corrected chi connectivity index (χ2v) is 9.89. The molecular weight excluding hydrogens is 494 g/mol. The lowest BCUT2D eigenvalue weighted by molar-refractivity contribution is -0.125. The first-order valence-electron chi connectivity index (χ1n) is 12.7. The zero-order chi connectivity index (χ0) is 27.5. The smallest absolute Gasteiger partial charge is 0.256 e. The summed E-state index contributed by atoms with van der Waals surface area (Å²) < 4.78 is 1.85. The fourth-order valence-corrected chi connectivity index (χ4v) is 4.64. The molecule has 0 saturated carbocycles. The van der Waals surface area contributed by atoms with Gasteiger partial charge in [0.05, 0.1) is 11.4 Å². The summed E-state index contributed by atoms with van der Waals surface area (Å²) in [5.41, 5.74) is 9.81. The molecule has 1 aliphatic heterocycles. The molecule has 11 heteroatoms. The van der Waals surface area contributed by atoms with Gasteiger partial charge in [-0.1, -0.05) is 18.2 Å². The maximum absolute atomic E-state index is 12.8. The molecule has 0 spiro atoms. The first kappa shape index (κ1) is 26.0. The molecule has 1 aliphatic rings. The molecule has 1 saturated heterocycles. The monoisotopic (exact) mass is 525 g/mol. The van der Waals surface area contributed by atoms with Gasteiger partial charge in [-0.3, -0.25) is 9.59 Å². The highest BCUT2D eigenvalue weighted by molar-refractivity contribution is 6.04. The SMILES string of the molecule is Cc1ccnc(NC(=O)c2ccc(-c3nn(C4CCN(C(=O)C=CCN(C)C)C4)c4ncnc(N)c34)cc2)c1. The largest absolute Gasteiger partial charge is 0.383 e. The number of anilines is 2. The van der Waals surface area contributed by atoms with Crippen LogP contribution in [0.3, 0.4) is 0 Å². The second kappa shape index (κ2) is 11.0. The van der Waals surface area contributed by atoms with E-state index in [-0.39, 0.29) is 17.9 Å². The minimum atomic E-state index is -0.256. The van der Waals surface area contributed by atoms with Crippen LogP contribution in [0.2, 0.25) is 0 Å².